The molecule has 0 atom stereocenters. The van der Waals surface area contributed by atoms with Gasteiger partial charge in [-0.15, -0.1) is 0 Å². The smallest absolute Gasteiger partial charge is 0.320 e. The maximum atomic E-state index is 12.5. The van der Waals surface area contributed by atoms with Crippen molar-refractivity contribution in [3.8, 4) is 0 Å². The second-order valence-corrected chi connectivity index (χ2v) is 3.98. The van der Waals surface area contributed by atoms with Crippen molar-refractivity contribution < 1.29 is 18.0 Å². The maximum Gasteiger partial charge on any atom is 0.434 e. The van der Waals surface area contributed by atoms with E-state index < -0.39 is 11.9 Å². The van der Waals surface area contributed by atoms with E-state index in [4.69, 9.17) is 11.6 Å². The molecule has 2 aromatic rings. The van der Waals surface area contributed by atoms with Crippen molar-refractivity contribution in [3.05, 3.63) is 41.0 Å². The van der Waals surface area contributed by atoms with Crippen molar-refractivity contribution in [1.82, 2.24) is 19.5 Å². The molecule has 0 bridgehead atoms. The molecule has 9 heteroatoms. The second kappa shape index (κ2) is 4.96. The Hall–Kier alpha value is -1.96. The molecule has 0 spiro atoms. The number of aromatic nitrogens is 4. The van der Waals surface area contributed by atoms with Crippen LogP contribution in [0, 0.1) is 0 Å². The summed E-state index contributed by atoms with van der Waals surface area (Å²) in [5.74, 6) is -0.121. The third-order valence-corrected chi connectivity index (χ3v) is 2.38. The number of halogens is 4. The van der Waals surface area contributed by atoms with Gasteiger partial charge in [0.25, 0.3) is 0 Å². The summed E-state index contributed by atoms with van der Waals surface area (Å²) < 4.78 is 38.4. The van der Waals surface area contributed by atoms with Gasteiger partial charge in [-0.2, -0.15) is 13.2 Å². The van der Waals surface area contributed by atoms with Crippen molar-refractivity contribution in [2.24, 2.45) is 0 Å². The lowest BCUT2D eigenvalue weighted by Gasteiger charge is -2.02. The molecular weight excluding hydrogens is 285 g/mol. The van der Waals surface area contributed by atoms with E-state index in [-0.39, 0.29) is 24.5 Å². The molecule has 2 heterocycles. The van der Waals surface area contributed by atoms with Gasteiger partial charge in [0, 0.05) is 18.6 Å². The molecule has 100 valence electrons. The zero-order chi connectivity index (χ0) is 14.0. The fourth-order valence-corrected chi connectivity index (χ4v) is 1.46. The van der Waals surface area contributed by atoms with E-state index in [1.165, 1.54) is 12.4 Å². The predicted octanol–water partition coefficient (Wildman–Crippen LogP) is 2.21. The molecule has 5 nitrogen and oxygen atoms in total. The first-order chi connectivity index (χ1) is 8.90. The minimum absolute atomic E-state index is 0.103. The SMILES string of the molecule is O=Cc1nc(C(F)(F)F)cn1Cc1ncc(Cl)cn1. The lowest BCUT2D eigenvalue weighted by molar-refractivity contribution is -0.141. The third kappa shape index (κ3) is 3.08. The molecule has 0 aliphatic carbocycles. The number of rotatable bonds is 3. The largest absolute Gasteiger partial charge is 0.434 e. The van der Waals surface area contributed by atoms with Gasteiger partial charge in [-0.1, -0.05) is 11.6 Å². The average Bonchev–Trinajstić information content (AvgIpc) is 2.75. The fourth-order valence-electron chi connectivity index (χ4n) is 1.36. The first-order valence-corrected chi connectivity index (χ1v) is 5.34. The summed E-state index contributed by atoms with van der Waals surface area (Å²) in [7, 11) is 0. The molecule has 0 fully saturated rings. The van der Waals surface area contributed by atoms with Gasteiger partial charge in [-0.3, -0.25) is 4.79 Å². The van der Waals surface area contributed by atoms with Gasteiger partial charge < -0.3 is 4.57 Å². The number of aldehydes is 1. The Balaban J connectivity index is 2.31. The maximum absolute atomic E-state index is 12.5. The van der Waals surface area contributed by atoms with E-state index in [1.807, 2.05) is 0 Å². The third-order valence-electron chi connectivity index (χ3n) is 2.19. The van der Waals surface area contributed by atoms with Gasteiger partial charge in [0.1, 0.15) is 5.82 Å². The zero-order valence-electron chi connectivity index (χ0n) is 9.23. The van der Waals surface area contributed by atoms with Gasteiger partial charge >= 0.3 is 6.18 Å². The van der Waals surface area contributed by atoms with E-state index in [0.29, 0.717) is 5.02 Å². The van der Waals surface area contributed by atoms with Crippen molar-refractivity contribution >= 4 is 17.9 Å². The van der Waals surface area contributed by atoms with Crippen LogP contribution in [0.3, 0.4) is 0 Å². The molecule has 0 saturated heterocycles. The highest BCUT2D eigenvalue weighted by atomic mass is 35.5. The summed E-state index contributed by atoms with van der Waals surface area (Å²) in [6, 6.07) is 0. The number of nitrogens with zero attached hydrogens (tertiary/aromatic N) is 4. The van der Waals surface area contributed by atoms with Crippen molar-refractivity contribution in [2.45, 2.75) is 12.7 Å². The Morgan fingerprint density at radius 2 is 1.95 bits per heavy atom. The minimum Gasteiger partial charge on any atom is -0.320 e. The van der Waals surface area contributed by atoms with Crippen LogP contribution in [0.5, 0.6) is 0 Å². The second-order valence-electron chi connectivity index (χ2n) is 3.55. The lowest BCUT2D eigenvalue weighted by atomic mass is 10.4. The van der Waals surface area contributed by atoms with E-state index in [2.05, 4.69) is 15.0 Å². The molecule has 0 unspecified atom stereocenters. The van der Waals surface area contributed by atoms with Gasteiger partial charge in [-0.25, -0.2) is 15.0 Å². The van der Waals surface area contributed by atoms with Crippen molar-refractivity contribution in [2.75, 3.05) is 0 Å². The molecule has 0 saturated carbocycles. The lowest BCUT2D eigenvalue weighted by Crippen LogP contribution is -2.06. The molecule has 0 aliphatic heterocycles. The van der Waals surface area contributed by atoms with Crippen LogP contribution in [-0.4, -0.2) is 25.8 Å². The fraction of sp³-hybridized carbons (Fsp3) is 0.200. The standard InChI is InChI=1S/C10H6ClF3N4O/c11-6-1-15-8(16-2-6)4-18-3-7(10(12,13)14)17-9(18)5-19/h1-3,5H,4H2. The van der Waals surface area contributed by atoms with E-state index in [1.54, 1.807) is 0 Å². The molecule has 19 heavy (non-hydrogen) atoms. The molecule has 0 aromatic carbocycles. The highest BCUT2D eigenvalue weighted by Gasteiger charge is 2.34. The molecule has 0 radical (unpaired) electrons. The van der Waals surface area contributed by atoms with E-state index >= 15 is 0 Å². The van der Waals surface area contributed by atoms with Gasteiger partial charge in [-0.05, 0) is 0 Å². The van der Waals surface area contributed by atoms with Crippen LogP contribution in [0.4, 0.5) is 13.2 Å². The first-order valence-electron chi connectivity index (χ1n) is 4.96. The highest BCUT2D eigenvalue weighted by molar-refractivity contribution is 6.30. The Labute approximate surface area is 110 Å². The number of hydrogen-bond donors (Lipinski definition) is 0. The average molecular weight is 291 g/mol. The van der Waals surface area contributed by atoms with E-state index in [0.717, 1.165) is 10.8 Å². The summed E-state index contributed by atoms with van der Waals surface area (Å²) in [4.78, 5) is 21.6. The van der Waals surface area contributed by atoms with Gasteiger partial charge in [0.05, 0.1) is 11.6 Å². The predicted molar refractivity (Wildman–Crippen MR) is 58.8 cm³/mol. The van der Waals surface area contributed by atoms with Gasteiger partial charge in [0.15, 0.2) is 17.8 Å². The quantitative estimate of drug-likeness (QED) is 0.813. The molecule has 0 aliphatic rings. The zero-order valence-corrected chi connectivity index (χ0v) is 9.98. The summed E-state index contributed by atoms with van der Waals surface area (Å²) in [6.07, 6.45) is -1.01. The summed E-state index contributed by atoms with van der Waals surface area (Å²) in [5.41, 5.74) is -1.14. The van der Waals surface area contributed by atoms with E-state index in [9.17, 15) is 18.0 Å². The monoisotopic (exact) mass is 290 g/mol. The normalized spacial score (nSPS) is 11.6. The van der Waals surface area contributed by atoms with Crippen LogP contribution < -0.4 is 0 Å². The first kappa shape index (κ1) is 13.5. The van der Waals surface area contributed by atoms with Crippen LogP contribution in [0.1, 0.15) is 22.1 Å². The molecule has 0 N–H and O–H groups in total. The van der Waals surface area contributed by atoms with Crippen molar-refractivity contribution in [1.29, 1.82) is 0 Å². The summed E-state index contributed by atoms with van der Waals surface area (Å²) >= 11 is 5.59. The number of imidazole rings is 1. The Bertz CT molecular complexity index is 594. The topological polar surface area (TPSA) is 60.7 Å². The number of carbonyl (C=O) groups is 1. The van der Waals surface area contributed by atoms with Crippen LogP contribution in [0.15, 0.2) is 18.6 Å². The van der Waals surface area contributed by atoms with Gasteiger partial charge in [0.2, 0.25) is 0 Å². The number of hydrogen-bond acceptors (Lipinski definition) is 4. The minimum atomic E-state index is -4.61. The van der Waals surface area contributed by atoms with Crippen LogP contribution in [0.2, 0.25) is 5.02 Å². The summed E-state index contributed by atoms with van der Waals surface area (Å²) in [5, 5.41) is 0.306. The number of alkyl halides is 3. The van der Waals surface area contributed by atoms with Crippen LogP contribution >= 0.6 is 11.6 Å². The Kier molecular flexibility index (Phi) is 3.52. The van der Waals surface area contributed by atoms with Crippen LogP contribution in [-0.2, 0) is 12.7 Å². The Morgan fingerprint density at radius 1 is 1.32 bits per heavy atom. The molecule has 2 rings (SSSR count). The number of carbonyl (C=O) groups excluding carboxylic acids is 1. The van der Waals surface area contributed by atoms with Crippen LogP contribution in [0.25, 0.3) is 0 Å². The molecule has 0 amide bonds. The Morgan fingerprint density at radius 3 is 2.47 bits per heavy atom. The van der Waals surface area contributed by atoms with Crippen molar-refractivity contribution in [3.63, 3.8) is 0 Å². The highest BCUT2D eigenvalue weighted by Crippen LogP contribution is 2.28. The molecular formula is C10H6ClF3N4O. The molecule has 2 aromatic heterocycles. The summed E-state index contributed by atoms with van der Waals surface area (Å²) in [6.45, 7) is -0.103.